The fourth-order valence-electron chi connectivity index (χ4n) is 3.66. The van der Waals surface area contributed by atoms with Gasteiger partial charge in [0.05, 0.1) is 6.20 Å². The van der Waals surface area contributed by atoms with E-state index in [9.17, 15) is 4.79 Å². The number of hydrogen-bond acceptors (Lipinski definition) is 3. The van der Waals surface area contributed by atoms with Crippen LogP contribution in [-0.2, 0) is 11.8 Å². The molecule has 1 fully saturated rings. The number of carbonyl (C=O) groups is 1. The van der Waals surface area contributed by atoms with Crippen LogP contribution >= 0.6 is 0 Å². The van der Waals surface area contributed by atoms with Crippen molar-refractivity contribution in [2.45, 2.75) is 31.7 Å². The number of likely N-dealkylation sites (N-methyl/N-ethyl adjacent to an activating group) is 1. The molecule has 1 aromatic heterocycles. The average molecular weight is 326 g/mol. The maximum atomic E-state index is 12.9. The Kier molecular flexibility index (Phi) is 5.00. The summed E-state index contributed by atoms with van der Waals surface area (Å²) in [6.07, 6.45) is 5.72. The molecule has 2 aromatic rings. The van der Waals surface area contributed by atoms with Gasteiger partial charge in [-0.25, -0.2) is 0 Å². The highest BCUT2D eigenvalue weighted by Crippen LogP contribution is 2.31. The first-order valence-corrected chi connectivity index (χ1v) is 8.60. The Bertz CT molecular complexity index is 701. The molecule has 5 heteroatoms. The highest BCUT2D eigenvalue weighted by Gasteiger charge is 2.29. The SMILES string of the molecule is CNC(C(=O)N1CCC(c2ccccc2C)CC1)c1cnn(C)c1. The molecule has 1 aliphatic rings. The number of benzene rings is 1. The summed E-state index contributed by atoms with van der Waals surface area (Å²) in [4.78, 5) is 14.9. The summed E-state index contributed by atoms with van der Waals surface area (Å²) in [5, 5.41) is 7.32. The smallest absolute Gasteiger partial charge is 0.244 e. The zero-order chi connectivity index (χ0) is 17.1. The summed E-state index contributed by atoms with van der Waals surface area (Å²) in [6.45, 7) is 3.80. The second-order valence-electron chi connectivity index (χ2n) is 6.63. The van der Waals surface area contributed by atoms with Crippen LogP contribution < -0.4 is 5.32 Å². The quantitative estimate of drug-likeness (QED) is 0.938. The topological polar surface area (TPSA) is 50.2 Å². The average Bonchev–Trinajstić information content (AvgIpc) is 3.02. The number of hydrogen-bond donors (Lipinski definition) is 1. The number of amides is 1. The lowest BCUT2D eigenvalue weighted by atomic mass is 9.86. The van der Waals surface area contributed by atoms with E-state index in [0.717, 1.165) is 31.5 Å². The maximum absolute atomic E-state index is 12.9. The molecule has 1 atom stereocenters. The summed E-state index contributed by atoms with van der Waals surface area (Å²) >= 11 is 0. The van der Waals surface area contributed by atoms with Crippen LogP contribution in [0.15, 0.2) is 36.7 Å². The molecule has 24 heavy (non-hydrogen) atoms. The van der Waals surface area contributed by atoms with Gasteiger partial charge in [-0.2, -0.15) is 5.10 Å². The molecule has 0 radical (unpaired) electrons. The van der Waals surface area contributed by atoms with Gasteiger partial charge in [-0.3, -0.25) is 9.48 Å². The van der Waals surface area contributed by atoms with E-state index in [1.54, 1.807) is 10.9 Å². The first-order valence-electron chi connectivity index (χ1n) is 8.60. The molecule has 1 aliphatic heterocycles. The van der Waals surface area contributed by atoms with Crippen molar-refractivity contribution >= 4 is 5.91 Å². The van der Waals surface area contributed by atoms with E-state index in [-0.39, 0.29) is 11.9 Å². The van der Waals surface area contributed by atoms with Crippen LogP contribution in [0.2, 0.25) is 0 Å². The standard InChI is InChI=1S/C19H26N4O/c1-14-6-4-5-7-17(14)15-8-10-23(11-9-15)19(24)18(20-2)16-12-21-22(3)13-16/h4-7,12-13,15,18,20H,8-11H2,1-3H3. The van der Waals surface area contributed by atoms with Crippen LogP contribution in [0.3, 0.4) is 0 Å². The van der Waals surface area contributed by atoms with Crippen molar-refractivity contribution in [2.75, 3.05) is 20.1 Å². The van der Waals surface area contributed by atoms with E-state index in [2.05, 4.69) is 41.6 Å². The van der Waals surface area contributed by atoms with E-state index >= 15 is 0 Å². The van der Waals surface area contributed by atoms with Crippen LogP contribution in [0.1, 0.15) is 41.5 Å². The van der Waals surface area contributed by atoms with Crippen LogP contribution in [0.4, 0.5) is 0 Å². The van der Waals surface area contributed by atoms with Crippen molar-refractivity contribution in [3.05, 3.63) is 53.3 Å². The summed E-state index contributed by atoms with van der Waals surface area (Å²) < 4.78 is 1.73. The molecule has 0 spiro atoms. The van der Waals surface area contributed by atoms with Crippen LogP contribution in [0.5, 0.6) is 0 Å². The fourth-order valence-corrected chi connectivity index (χ4v) is 3.66. The Hall–Kier alpha value is -2.14. The van der Waals surface area contributed by atoms with Crippen LogP contribution in [0.25, 0.3) is 0 Å². The molecular formula is C19H26N4O. The first-order chi connectivity index (χ1) is 11.6. The number of aromatic nitrogens is 2. The molecule has 1 aromatic carbocycles. The van der Waals surface area contributed by atoms with Crippen molar-refractivity contribution in [1.82, 2.24) is 20.0 Å². The van der Waals surface area contributed by atoms with Crippen molar-refractivity contribution < 1.29 is 4.79 Å². The normalized spacial score (nSPS) is 17.0. The van der Waals surface area contributed by atoms with E-state index in [1.807, 2.05) is 25.2 Å². The Labute approximate surface area is 143 Å². The zero-order valence-electron chi connectivity index (χ0n) is 14.7. The molecule has 1 N–H and O–H groups in total. The molecular weight excluding hydrogens is 300 g/mol. The molecule has 1 unspecified atom stereocenters. The molecule has 0 saturated carbocycles. The molecule has 0 bridgehead atoms. The largest absolute Gasteiger partial charge is 0.341 e. The third kappa shape index (κ3) is 3.36. The number of rotatable bonds is 4. The number of carbonyl (C=O) groups excluding carboxylic acids is 1. The summed E-state index contributed by atoms with van der Waals surface area (Å²) in [5.74, 6) is 0.704. The Morgan fingerprint density at radius 3 is 2.58 bits per heavy atom. The Morgan fingerprint density at radius 2 is 2.00 bits per heavy atom. The summed E-state index contributed by atoms with van der Waals surface area (Å²) in [6, 6.07) is 8.28. The van der Waals surface area contributed by atoms with Crippen molar-refractivity contribution in [1.29, 1.82) is 0 Å². The number of piperidine rings is 1. The van der Waals surface area contributed by atoms with Gasteiger partial charge in [-0.05, 0) is 43.9 Å². The van der Waals surface area contributed by atoms with Gasteiger partial charge in [0.15, 0.2) is 0 Å². The predicted molar refractivity (Wildman–Crippen MR) is 94.7 cm³/mol. The monoisotopic (exact) mass is 326 g/mol. The van der Waals surface area contributed by atoms with Gasteiger partial charge >= 0.3 is 0 Å². The van der Waals surface area contributed by atoms with Gasteiger partial charge in [0.25, 0.3) is 0 Å². The molecule has 3 rings (SSSR count). The van der Waals surface area contributed by atoms with Gasteiger partial charge in [0.2, 0.25) is 5.91 Å². The van der Waals surface area contributed by atoms with E-state index in [4.69, 9.17) is 0 Å². The van der Waals surface area contributed by atoms with Gasteiger partial charge < -0.3 is 10.2 Å². The molecule has 1 amide bonds. The van der Waals surface area contributed by atoms with Crippen molar-refractivity contribution in [3.8, 4) is 0 Å². The van der Waals surface area contributed by atoms with Gasteiger partial charge in [-0.15, -0.1) is 0 Å². The lowest BCUT2D eigenvalue weighted by molar-refractivity contribution is -0.134. The van der Waals surface area contributed by atoms with Crippen molar-refractivity contribution in [2.24, 2.45) is 7.05 Å². The molecule has 2 heterocycles. The number of nitrogens with zero attached hydrogens (tertiary/aromatic N) is 3. The number of nitrogens with one attached hydrogen (secondary N) is 1. The first kappa shape index (κ1) is 16.7. The maximum Gasteiger partial charge on any atom is 0.244 e. The van der Waals surface area contributed by atoms with Gasteiger partial charge in [0, 0.05) is 31.9 Å². The van der Waals surface area contributed by atoms with Crippen LogP contribution in [-0.4, -0.2) is 40.7 Å². The minimum atomic E-state index is -0.311. The molecule has 5 nitrogen and oxygen atoms in total. The second kappa shape index (κ2) is 7.18. The number of aryl methyl sites for hydroxylation is 2. The highest BCUT2D eigenvalue weighted by atomic mass is 16.2. The van der Waals surface area contributed by atoms with E-state index in [0.29, 0.717) is 5.92 Å². The third-order valence-electron chi connectivity index (χ3n) is 5.03. The lowest BCUT2D eigenvalue weighted by Gasteiger charge is -2.34. The lowest BCUT2D eigenvalue weighted by Crippen LogP contribution is -2.43. The zero-order valence-corrected chi connectivity index (χ0v) is 14.7. The van der Waals surface area contributed by atoms with Crippen molar-refractivity contribution in [3.63, 3.8) is 0 Å². The fraction of sp³-hybridized carbons (Fsp3) is 0.474. The minimum absolute atomic E-state index is 0.147. The Balaban J connectivity index is 1.65. The number of likely N-dealkylation sites (tertiary alicyclic amines) is 1. The van der Waals surface area contributed by atoms with Gasteiger partial charge in [0.1, 0.15) is 6.04 Å². The Morgan fingerprint density at radius 1 is 1.29 bits per heavy atom. The second-order valence-corrected chi connectivity index (χ2v) is 6.63. The van der Waals surface area contributed by atoms with Crippen LogP contribution in [0, 0.1) is 6.92 Å². The van der Waals surface area contributed by atoms with Gasteiger partial charge in [-0.1, -0.05) is 24.3 Å². The molecule has 128 valence electrons. The summed E-state index contributed by atoms with van der Waals surface area (Å²) in [5.41, 5.74) is 3.71. The minimum Gasteiger partial charge on any atom is -0.341 e. The predicted octanol–water partition coefficient (Wildman–Crippen LogP) is 2.40. The molecule has 1 saturated heterocycles. The molecule has 0 aliphatic carbocycles. The highest BCUT2D eigenvalue weighted by molar-refractivity contribution is 5.83. The van der Waals surface area contributed by atoms with E-state index in [1.165, 1.54) is 11.1 Å². The summed E-state index contributed by atoms with van der Waals surface area (Å²) in [7, 11) is 3.70. The third-order valence-corrected chi connectivity index (χ3v) is 5.03. The van der Waals surface area contributed by atoms with E-state index < -0.39 is 0 Å².